The number of amides is 1. The van der Waals surface area contributed by atoms with E-state index in [4.69, 9.17) is 4.74 Å². The van der Waals surface area contributed by atoms with Gasteiger partial charge in [-0.05, 0) is 39.5 Å². The van der Waals surface area contributed by atoms with E-state index < -0.39 is 5.60 Å². The standard InChI is InChI=1S/C11H19NO3/c1-11(2,3)15-10(14)12-6-7-4-8(12)9(13)5-7/h7-9,13H,4-6H2,1-3H3/t7-,8+,9+/m1/s1. The fourth-order valence-corrected chi connectivity index (χ4v) is 2.52. The monoisotopic (exact) mass is 213 g/mol. The average molecular weight is 213 g/mol. The minimum atomic E-state index is -0.454. The third-order valence-corrected chi connectivity index (χ3v) is 3.08. The van der Waals surface area contributed by atoms with E-state index in [0.29, 0.717) is 5.92 Å². The fourth-order valence-electron chi connectivity index (χ4n) is 2.52. The first-order valence-corrected chi connectivity index (χ1v) is 5.54. The van der Waals surface area contributed by atoms with E-state index in [1.54, 1.807) is 4.90 Å². The fraction of sp³-hybridized carbons (Fsp3) is 0.909. The summed E-state index contributed by atoms with van der Waals surface area (Å²) in [5.74, 6) is 0.470. The number of aliphatic hydroxyl groups excluding tert-OH is 1. The second kappa shape index (κ2) is 3.37. The van der Waals surface area contributed by atoms with Gasteiger partial charge in [-0.2, -0.15) is 0 Å². The summed E-state index contributed by atoms with van der Waals surface area (Å²) in [6.07, 6.45) is 1.13. The lowest BCUT2D eigenvalue weighted by Gasteiger charge is -2.32. The van der Waals surface area contributed by atoms with Crippen molar-refractivity contribution >= 4 is 6.09 Å². The molecule has 2 rings (SSSR count). The number of piperidine rings is 1. The molecule has 1 saturated carbocycles. The molecular weight excluding hydrogens is 194 g/mol. The van der Waals surface area contributed by atoms with Crippen molar-refractivity contribution in [2.75, 3.05) is 6.54 Å². The van der Waals surface area contributed by atoms with Gasteiger partial charge in [-0.1, -0.05) is 0 Å². The molecule has 0 unspecified atom stereocenters. The Hall–Kier alpha value is -0.770. The highest BCUT2D eigenvalue weighted by molar-refractivity contribution is 5.69. The Morgan fingerprint density at radius 3 is 2.53 bits per heavy atom. The molecule has 0 spiro atoms. The van der Waals surface area contributed by atoms with Crippen LogP contribution in [0.1, 0.15) is 33.6 Å². The molecule has 2 fully saturated rings. The summed E-state index contributed by atoms with van der Waals surface area (Å²) < 4.78 is 5.30. The molecule has 86 valence electrons. The topological polar surface area (TPSA) is 49.8 Å². The largest absolute Gasteiger partial charge is 0.444 e. The van der Waals surface area contributed by atoms with Gasteiger partial charge in [0.25, 0.3) is 0 Å². The lowest BCUT2D eigenvalue weighted by molar-refractivity contribution is -0.00176. The molecule has 1 aliphatic heterocycles. The van der Waals surface area contributed by atoms with E-state index in [-0.39, 0.29) is 18.2 Å². The number of aliphatic hydroxyl groups is 1. The van der Waals surface area contributed by atoms with Crippen LogP contribution in [0.3, 0.4) is 0 Å². The molecule has 0 aromatic heterocycles. The summed E-state index contributed by atoms with van der Waals surface area (Å²) in [5.41, 5.74) is -0.454. The Morgan fingerprint density at radius 2 is 2.07 bits per heavy atom. The smallest absolute Gasteiger partial charge is 0.410 e. The van der Waals surface area contributed by atoms with Crippen LogP contribution in [0, 0.1) is 5.92 Å². The number of fused-ring (bicyclic) bond motifs is 2. The highest BCUT2D eigenvalue weighted by Gasteiger charge is 2.47. The number of likely N-dealkylation sites (tertiary alicyclic amines) is 1. The molecule has 0 aromatic rings. The van der Waals surface area contributed by atoms with Crippen LogP contribution in [0.2, 0.25) is 0 Å². The molecule has 1 aliphatic carbocycles. The zero-order valence-corrected chi connectivity index (χ0v) is 9.56. The summed E-state index contributed by atoms with van der Waals surface area (Å²) in [7, 11) is 0. The molecule has 0 aromatic carbocycles. The van der Waals surface area contributed by atoms with Gasteiger partial charge in [0.05, 0.1) is 12.1 Å². The quantitative estimate of drug-likeness (QED) is 0.661. The highest BCUT2D eigenvalue weighted by Crippen LogP contribution is 2.38. The maximum absolute atomic E-state index is 11.8. The third kappa shape index (κ3) is 2.09. The molecule has 1 saturated heterocycles. The number of hydrogen-bond acceptors (Lipinski definition) is 3. The summed E-state index contributed by atoms with van der Waals surface area (Å²) in [6.45, 7) is 6.32. The Labute approximate surface area is 90.2 Å². The number of carbonyl (C=O) groups excluding carboxylic acids is 1. The second-order valence-corrected chi connectivity index (χ2v) is 5.60. The first-order valence-electron chi connectivity index (χ1n) is 5.54. The predicted octanol–water partition coefficient (Wildman–Crippen LogP) is 1.38. The van der Waals surface area contributed by atoms with Crippen molar-refractivity contribution in [2.45, 2.75) is 51.4 Å². The van der Waals surface area contributed by atoms with Gasteiger partial charge < -0.3 is 14.7 Å². The van der Waals surface area contributed by atoms with E-state index in [2.05, 4.69) is 0 Å². The molecule has 1 N–H and O–H groups in total. The number of nitrogens with zero attached hydrogens (tertiary/aromatic N) is 1. The van der Waals surface area contributed by atoms with Crippen LogP contribution in [-0.2, 0) is 4.74 Å². The lowest BCUT2D eigenvalue weighted by Crippen LogP contribution is -2.46. The Bertz CT molecular complexity index is 271. The number of rotatable bonds is 0. The molecule has 4 heteroatoms. The number of ether oxygens (including phenoxy) is 1. The van der Waals surface area contributed by atoms with Gasteiger partial charge in [0.1, 0.15) is 5.60 Å². The van der Waals surface area contributed by atoms with Gasteiger partial charge in [-0.3, -0.25) is 0 Å². The minimum absolute atomic E-state index is 0.00940. The molecule has 15 heavy (non-hydrogen) atoms. The molecule has 0 radical (unpaired) electrons. The van der Waals surface area contributed by atoms with Crippen molar-refractivity contribution in [2.24, 2.45) is 5.92 Å². The van der Waals surface area contributed by atoms with Crippen molar-refractivity contribution in [3.8, 4) is 0 Å². The van der Waals surface area contributed by atoms with Crippen molar-refractivity contribution in [1.82, 2.24) is 4.90 Å². The van der Waals surface area contributed by atoms with Crippen molar-refractivity contribution in [3.05, 3.63) is 0 Å². The normalized spacial score (nSPS) is 34.7. The van der Waals surface area contributed by atoms with Crippen LogP contribution in [0.4, 0.5) is 4.79 Å². The van der Waals surface area contributed by atoms with Crippen LogP contribution in [0.15, 0.2) is 0 Å². The van der Waals surface area contributed by atoms with Crippen LogP contribution in [0.5, 0.6) is 0 Å². The average Bonchev–Trinajstić information content (AvgIpc) is 2.58. The maximum atomic E-state index is 11.8. The minimum Gasteiger partial charge on any atom is -0.444 e. The number of carbonyl (C=O) groups is 1. The first kappa shape index (κ1) is 10.7. The molecule has 1 heterocycles. The molecule has 3 atom stereocenters. The second-order valence-electron chi connectivity index (χ2n) is 5.60. The van der Waals surface area contributed by atoms with E-state index in [1.165, 1.54) is 0 Å². The van der Waals surface area contributed by atoms with Crippen LogP contribution < -0.4 is 0 Å². The van der Waals surface area contributed by atoms with Crippen LogP contribution >= 0.6 is 0 Å². The van der Waals surface area contributed by atoms with Gasteiger partial charge in [-0.25, -0.2) is 4.79 Å². The Morgan fingerprint density at radius 1 is 1.40 bits per heavy atom. The van der Waals surface area contributed by atoms with Gasteiger partial charge in [0.2, 0.25) is 0 Å². The van der Waals surface area contributed by atoms with Gasteiger partial charge in [-0.15, -0.1) is 0 Å². The summed E-state index contributed by atoms with van der Waals surface area (Å²) in [5, 5.41) is 9.69. The van der Waals surface area contributed by atoms with E-state index in [9.17, 15) is 9.90 Å². The predicted molar refractivity (Wildman–Crippen MR) is 55.5 cm³/mol. The molecule has 2 bridgehead atoms. The summed E-state index contributed by atoms with van der Waals surface area (Å²) in [6, 6.07) is -0.00940. The molecule has 2 aliphatic rings. The number of hydrogen-bond donors (Lipinski definition) is 1. The lowest BCUT2D eigenvalue weighted by atomic mass is 10.1. The van der Waals surface area contributed by atoms with Crippen LogP contribution in [0.25, 0.3) is 0 Å². The molecule has 1 amide bonds. The zero-order chi connectivity index (χ0) is 11.2. The van der Waals surface area contributed by atoms with Crippen molar-refractivity contribution in [1.29, 1.82) is 0 Å². The highest BCUT2D eigenvalue weighted by atomic mass is 16.6. The first-order chi connectivity index (χ1) is 6.87. The van der Waals surface area contributed by atoms with Gasteiger partial charge in [0.15, 0.2) is 0 Å². The third-order valence-electron chi connectivity index (χ3n) is 3.08. The SMILES string of the molecule is CC(C)(C)OC(=O)N1C[C@H]2C[C@H](O)[C@@H]1C2. The maximum Gasteiger partial charge on any atom is 0.410 e. The molecular formula is C11H19NO3. The zero-order valence-electron chi connectivity index (χ0n) is 9.56. The summed E-state index contributed by atoms with van der Waals surface area (Å²) in [4.78, 5) is 13.5. The van der Waals surface area contributed by atoms with E-state index in [1.807, 2.05) is 20.8 Å². The van der Waals surface area contributed by atoms with Crippen LogP contribution in [-0.4, -0.2) is 40.4 Å². The van der Waals surface area contributed by atoms with Gasteiger partial charge >= 0.3 is 6.09 Å². The summed E-state index contributed by atoms with van der Waals surface area (Å²) >= 11 is 0. The van der Waals surface area contributed by atoms with E-state index in [0.717, 1.165) is 19.4 Å². The Balaban J connectivity index is 1.98. The molecule has 4 nitrogen and oxygen atoms in total. The van der Waals surface area contributed by atoms with Gasteiger partial charge in [0, 0.05) is 6.54 Å². The van der Waals surface area contributed by atoms with Crippen molar-refractivity contribution < 1.29 is 14.6 Å². The van der Waals surface area contributed by atoms with E-state index >= 15 is 0 Å². The van der Waals surface area contributed by atoms with Crippen molar-refractivity contribution in [3.63, 3.8) is 0 Å². The Kier molecular flexibility index (Phi) is 2.41.